The van der Waals surface area contributed by atoms with Crippen LogP contribution in [0.2, 0.25) is 0 Å². The number of rotatable bonds is 6. The minimum absolute atomic E-state index is 0.172. The predicted molar refractivity (Wildman–Crippen MR) is 77.5 cm³/mol. The zero-order valence-corrected chi connectivity index (χ0v) is 11.9. The predicted octanol–water partition coefficient (Wildman–Crippen LogP) is 2.93. The number of hydrogen-bond acceptors (Lipinski definition) is 2. The first-order valence-electron chi connectivity index (χ1n) is 7.10. The Kier molecular flexibility index (Phi) is 4.42. The molecule has 1 aromatic carbocycles. The first-order chi connectivity index (χ1) is 9.49. The lowest BCUT2D eigenvalue weighted by atomic mass is 10.0. The summed E-state index contributed by atoms with van der Waals surface area (Å²) in [5.41, 5.74) is 1.93. The number of hydrogen-bond donors (Lipinski definition) is 2. The standard InChI is InChI=1S/C16H21NO3/c1-10(2)7-8-11-5-3-4-6-14(11)17-15(18)12-9-13(12)16(19)20/h3-6,10,12-13H,7-9H2,1-2H3,(H,17,18)(H,19,20)/t12-,13-/m1/s1. The van der Waals surface area contributed by atoms with Gasteiger partial charge >= 0.3 is 5.97 Å². The van der Waals surface area contributed by atoms with E-state index in [0.29, 0.717) is 12.3 Å². The Bertz CT molecular complexity index is 510. The maximum absolute atomic E-state index is 12.0. The average molecular weight is 275 g/mol. The maximum Gasteiger partial charge on any atom is 0.307 e. The summed E-state index contributed by atoms with van der Waals surface area (Å²) in [6.07, 6.45) is 2.44. The maximum atomic E-state index is 12.0. The number of aryl methyl sites for hydroxylation is 1. The van der Waals surface area contributed by atoms with Crippen molar-refractivity contribution in [3.63, 3.8) is 0 Å². The normalized spacial score (nSPS) is 20.8. The van der Waals surface area contributed by atoms with Crippen LogP contribution in [0.3, 0.4) is 0 Å². The number of anilines is 1. The summed E-state index contributed by atoms with van der Waals surface area (Å²) in [5.74, 6) is -1.31. The Balaban J connectivity index is 1.99. The first kappa shape index (κ1) is 14.6. The number of benzene rings is 1. The van der Waals surface area contributed by atoms with Crippen molar-refractivity contribution in [1.82, 2.24) is 0 Å². The minimum Gasteiger partial charge on any atom is -0.481 e. The molecule has 1 aromatic rings. The number of carboxylic acid groups (broad SMARTS) is 1. The Morgan fingerprint density at radius 1 is 1.30 bits per heavy atom. The summed E-state index contributed by atoms with van der Waals surface area (Å²) in [4.78, 5) is 22.8. The van der Waals surface area contributed by atoms with Crippen LogP contribution in [0.25, 0.3) is 0 Å². The van der Waals surface area contributed by atoms with E-state index in [0.717, 1.165) is 24.1 Å². The Labute approximate surface area is 119 Å². The molecule has 2 rings (SSSR count). The van der Waals surface area contributed by atoms with E-state index >= 15 is 0 Å². The van der Waals surface area contributed by atoms with Gasteiger partial charge in [-0.05, 0) is 36.8 Å². The molecule has 0 heterocycles. The molecular formula is C16H21NO3. The summed E-state index contributed by atoms with van der Waals surface area (Å²) in [7, 11) is 0. The molecule has 1 aliphatic carbocycles. The molecule has 2 atom stereocenters. The molecule has 0 aliphatic heterocycles. The zero-order chi connectivity index (χ0) is 14.7. The van der Waals surface area contributed by atoms with E-state index in [-0.39, 0.29) is 11.8 Å². The number of carbonyl (C=O) groups is 2. The third kappa shape index (κ3) is 3.59. The second kappa shape index (κ2) is 6.07. The van der Waals surface area contributed by atoms with Crippen molar-refractivity contribution in [3.05, 3.63) is 29.8 Å². The van der Waals surface area contributed by atoms with Crippen molar-refractivity contribution in [3.8, 4) is 0 Å². The number of nitrogens with one attached hydrogen (secondary N) is 1. The van der Waals surface area contributed by atoms with Crippen molar-refractivity contribution in [1.29, 1.82) is 0 Å². The fourth-order valence-electron chi connectivity index (χ4n) is 2.29. The molecule has 0 unspecified atom stereocenters. The lowest BCUT2D eigenvalue weighted by Gasteiger charge is -2.12. The molecule has 0 saturated heterocycles. The van der Waals surface area contributed by atoms with Gasteiger partial charge in [0.2, 0.25) is 5.91 Å². The Morgan fingerprint density at radius 2 is 2.00 bits per heavy atom. The monoisotopic (exact) mass is 275 g/mol. The second-order valence-corrected chi connectivity index (χ2v) is 5.87. The van der Waals surface area contributed by atoms with Gasteiger partial charge < -0.3 is 10.4 Å². The summed E-state index contributed by atoms with van der Waals surface area (Å²) in [5, 5.41) is 11.7. The molecule has 0 aromatic heterocycles. The summed E-state index contributed by atoms with van der Waals surface area (Å²) >= 11 is 0. The van der Waals surface area contributed by atoms with Crippen molar-refractivity contribution < 1.29 is 14.7 Å². The smallest absolute Gasteiger partial charge is 0.307 e. The Morgan fingerprint density at radius 3 is 2.60 bits per heavy atom. The van der Waals surface area contributed by atoms with Crippen LogP contribution in [-0.4, -0.2) is 17.0 Å². The highest BCUT2D eigenvalue weighted by Crippen LogP contribution is 2.39. The number of amides is 1. The van der Waals surface area contributed by atoms with Gasteiger partial charge in [-0.25, -0.2) is 0 Å². The molecular weight excluding hydrogens is 254 g/mol. The van der Waals surface area contributed by atoms with Gasteiger partial charge in [0.1, 0.15) is 0 Å². The van der Waals surface area contributed by atoms with E-state index in [4.69, 9.17) is 5.11 Å². The molecule has 2 N–H and O–H groups in total. The first-order valence-corrected chi connectivity index (χ1v) is 7.10. The molecule has 1 aliphatic rings. The van der Waals surface area contributed by atoms with E-state index in [2.05, 4.69) is 19.2 Å². The van der Waals surface area contributed by atoms with Gasteiger partial charge in [0.05, 0.1) is 11.8 Å². The van der Waals surface area contributed by atoms with Crippen LogP contribution in [0.1, 0.15) is 32.3 Å². The average Bonchev–Trinajstić information content (AvgIpc) is 3.18. The number of aliphatic carboxylic acids is 1. The van der Waals surface area contributed by atoms with Crippen LogP contribution in [-0.2, 0) is 16.0 Å². The largest absolute Gasteiger partial charge is 0.481 e. The molecule has 1 amide bonds. The molecule has 4 nitrogen and oxygen atoms in total. The van der Waals surface area contributed by atoms with Crippen molar-refractivity contribution in [2.45, 2.75) is 33.1 Å². The van der Waals surface area contributed by atoms with Crippen LogP contribution in [0.15, 0.2) is 24.3 Å². The fraction of sp³-hybridized carbons (Fsp3) is 0.500. The van der Waals surface area contributed by atoms with Crippen molar-refractivity contribution in [2.75, 3.05) is 5.32 Å². The van der Waals surface area contributed by atoms with Gasteiger partial charge in [-0.3, -0.25) is 9.59 Å². The van der Waals surface area contributed by atoms with Crippen LogP contribution < -0.4 is 5.32 Å². The van der Waals surface area contributed by atoms with E-state index in [9.17, 15) is 9.59 Å². The third-order valence-electron chi connectivity index (χ3n) is 3.71. The summed E-state index contributed by atoms with van der Waals surface area (Å²) < 4.78 is 0. The highest BCUT2D eigenvalue weighted by Gasteiger charge is 2.48. The summed E-state index contributed by atoms with van der Waals surface area (Å²) in [6, 6.07) is 7.74. The zero-order valence-electron chi connectivity index (χ0n) is 11.9. The molecule has 20 heavy (non-hydrogen) atoms. The summed E-state index contributed by atoms with van der Waals surface area (Å²) in [6.45, 7) is 4.34. The molecule has 1 saturated carbocycles. The SMILES string of the molecule is CC(C)CCc1ccccc1NC(=O)[C@@H]1C[C@H]1C(=O)O. The molecule has 4 heteroatoms. The van der Waals surface area contributed by atoms with Crippen LogP contribution in [0, 0.1) is 17.8 Å². The minimum atomic E-state index is -0.877. The van der Waals surface area contributed by atoms with Crippen molar-refractivity contribution in [2.24, 2.45) is 17.8 Å². The van der Waals surface area contributed by atoms with E-state index < -0.39 is 11.9 Å². The highest BCUT2D eigenvalue weighted by atomic mass is 16.4. The van der Waals surface area contributed by atoms with Gasteiger partial charge in [-0.2, -0.15) is 0 Å². The molecule has 0 radical (unpaired) electrons. The van der Waals surface area contributed by atoms with E-state index in [1.54, 1.807) is 0 Å². The van der Waals surface area contributed by atoms with Gasteiger partial charge in [-0.15, -0.1) is 0 Å². The second-order valence-electron chi connectivity index (χ2n) is 5.87. The van der Waals surface area contributed by atoms with Gasteiger partial charge in [0.25, 0.3) is 0 Å². The number of para-hydroxylation sites is 1. The van der Waals surface area contributed by atoms with Crippen LogP contribution in [0.5, 0.6) is 0 Å². The topological polar surface area (TPSA) is 66.4 Å². The van der Waals surface area contributed by atoms with Crippen LogP contribution in [0.4, 0.5) is 5.69 Å². The molecule has 0 spiro atoms. The third-order valence-corrected chi connectivity index (χ3v) is 3.71. The number of carboxylic acids is 1. The Hall–Kier alpha value is -1.84. The lowest BCUT2D eigenvalue weighted by molar-refractivity contribution is -0.139. The lowest BCUT2D eigenvalue weighted by Crippen LogP contribution is -2.17. The molecule has 0 bridgehead atoms. The van der Waals surface area contributed by atoms with Crippen molar-refractivity contribution >= 4 is 17.6 Å². The fourth-order valence-corrected chi connectivity index (χ4v) is 2.29. The van der Waals surface area contributed by atoms with E-state index in [1.807, 2.05) is 24.3 Å². The molecule has 1 fully saturated rings. The van der Waals surface area contributed by atoms with Crippen LogP contribution >= 0.6 is 0 Å². The van der Waals surface area contributed by atoms with Gasteiger partial charge in [0, 0.05) is 5.69 Å². The van der Waals surface area contributed by atoms with Gasteiger partial charge in [0.15, 0.2) is 0 Å². The number of carbonyl (C=O) groups excluding carboxylic acids is 1. The van der Waals surface area contributed by atoms with Gasteiger partial charge in [-0.1, -0.05) is 32.0 Å². The molecule has 108 valence electrons. The highest BCUT2D eigenvalue weighted by molar-refractivity contribution is 5.98. The quantitative estimate of drug-likeness (QED) is 0.838. The van der Waals surface area contributed by atoms with E-state index in [1.165, 1.54) is 0 Å².